The number of aromatic nitrogens is 1. The molecule has 3 heterocycles. The van der Waals surface area contributed by atoms with Gasteiger partial charge < -0.3 is 18.6 Å². The van der Waals surface area contributed by atoms with Gasteiger partial charge in [-0.2, -0.15) is 0 Å². The summed E-state index contributed by atoms with van der Waals surface area (Å²) in [6.45, 7) is 3.90. The maximum atomic E-state index is 14.2. The lowest BCUT2D eigenvalue weighted by Crippen LogP contribution is -2.31. The number of hydrogen-bond acceptors (Lipinski definition) is 5. The Bertz CT molecular complexity index is 1500. The molecule has 172 valence electrons. The van der Waals surface area contributed by atoms with E-state index < -0.39 is 23.5 Å². The zero-order chi connectivity index (χ0) is 24.0. The predicted molar refractivity (Wildman–Crippen MR) is 123 cm³/mol. The lowest BCUT2D eigenvalue weighted by Gasteiger charge is -2.19. The first kappa shape index (κ1) is 21.6. The van der Waals surface area contributed by atoms with Crippen LogP contribution in [0.1, 0.15) is 40.1 Å². The molecule has 1 aliphatic rings. The largest absolute Gasteiger partial charge is 0.461 e. The van der Waals surface area contributed by atoms with E-state index in [1.54, 1.807) is 42.3 Å². The molecule has 1 atom stereocenters. The van der Waals surface area contributed by atoms with Gasteiger partial charge in [-0.3, -0.25) is 4.79 Å². The van der Waals surface area contributed by atoms with Gasteiger partial charge in [0.2, 0.25) is 0 Å². The van der Waals surface area contributed by atoms with Crippen LogP contribution in [0.2, 0.25) is 0 Å². The normalized spacial score (nSPS) is 15.1. The van der Waals surface area contributed by atoms with Crippen LogP contribution in [0.15, 0.2) is 70.0 Å². The van der Waals surface area contributed by atoms with Crippen molar-refractivity contribution >= 4 is 28.5 Å². The van der Waals surface area contributed by atoms with Crippen molar-refractivity contribution in [3.63, 3.8) is 0 Å². The number of anilines is 1. The van der Waals surface area contributed by atoms with E-state index >= 15 is 0 Å². The number of hydrogen-bond donors (Lipinski definition) is 0. The molecule has 34 heavy (non-hydrogen) atoms. The number of benzene rings is 2. The summed E-state index contributed by atoms with van der Waals surface area (Å²) in [5, 5.41) is 0.808. The molecule has 4 aromatic rings. The molecule has 1 aliphatic heterocycles. The smallest absolute Gasteiger partial charge is 0.354 e. The van der Waals surface area contributed by atoms with Crippen molar-refractivity contribution in [3.8, 4) is 0 Å². The number of nitrogens with zero attached hydrogens (tertiary/aromatic N) is 2. The number of ether oxygens (including phenoxy) is 1. The molecule has 1 unspecified atom stereocenters. The lowest BCUT2D eigenvalue weighted by atomic mass is 10.1. The average Bonchev–Trinajstić information content (AvgIpc) is 3.36. The van der Waals surface area contributed by atoms with Gasteiger partial charge in [-0.05, 0) is 61.4 Å². The van der Waals surface area contributed by atoms with Gasteiger partial charge in [-0.1, -0.05) is 12.1 Å². The third-order valence-electron chi connectivity index (χ3n) is 5.97. The van der Waals surface area contributed by atoms with E-state index in [-0.39, 0.29) is 24.8 Å². The first-order chi connectivity index (χ1) is 16.4. The maximum absolute atomic E-state index is 14.2. The van der Waals surface area contributed by atoms with Crippen molar-refractivity contribution in [2.45, 2.75) is 26.4 Å². The number of aryl methyl sites for hydroxylation is 1. The summed E-state index contributed by atoms with van der Waals surface area (Å²) in [5.74, 6) is -1.35. The van der Waals surface area contributed by atoms with Crippen LogP contribution in [0.25, 0.3) is 11.0 Å². The first-order valence-electron chi connectivity index (χ1n) is 10.9. The summed E-state index contributed by atoms with van der Waals surface area (Å²) < 4.78 is 26.2. The molecule has 0 radical (unpaired) electrons. The van der Waals surface area contributed by atoms with Gasteiger partial charge in [-0.15, -0.1) is 0 Å². The van der Waals surface area contributed by atoms with E-state index in [1.165, 1.54) is 22.8 Å². The lowest BCUT2D eigenvalue weighted by molar-refractivity contribution is -0.120. The van der Waals surface area contributed by atoms with E-state index in [0.29, 0.717) is 16.8 Å². The Morgan fingerprint density at radius 2 is 1.94 bits per heavy atom. The molecule has 0 N–H and O–H groups in total. The van der Waals surface area contributed by atoms with Crippen LogP contribution in [0.4, 0.5) is 10.1 Å². The molecule has 5 rings (SSSR count). The van der Waals surface area contributed by atoms with Crippen LogP contribution >= 0.6 is 0 Å². The zero-order valence-electron chi connectivity index (χ0n) is 18.6. The molecule has 0 bridgehead atoms. The number of carbonyl (C=O) groups excluding carboxylic acids is 2. The Morgan fingerprint density at radius 3 is 2.74 bits per heavy atom. The Morgan fingerprint density at radius 1 is 1.12 bits per heavy atom. The van der Waals surface area contributed by atoms with Crippen LogP contribution in [-0.4, -0.2) is 23.1 Å². The van der Waals surface area contributed by atoms with Gasteiger partial charge in [0.25, 0.3) is 5.91 Å². The topological polar surface area (TPSA) is 81.8 Å². The highest BCUT2D eigenvalue weighted by Crippen LogP contribution is 2.40. The Balaban J connectivity index is 1.56. The van der Waals surface area contributed by atoms with Crippen molar-refractivity contribution in [1.29, 1.82) is 0 Å². The number of carbonyl (C=O) groups is 2. The quantitative estimate of drug-likeness (QED) is 0.327. The van der Waals surface area contributed by atoms with Crippen LogP contribution in [0.5, 0.6) is 0 Å². The van der Waals surface area contributed by atoms with Gasteiger partial charge in [0, 0.05) is 23.2 Å². The molecule has 8 heteroatoms. The Labute approximate surface area is 194 Å². The zero-order valence-corrected chi connectivity index (χ0v) is 18.6. The number of rotatable bonds is 5. The summed E-state index contributed by atoms with van der Waals surface area (Å²) in [7, 11) is 0. The Hall–Kier alpha value is -4.20. The molecule has 2 aromatic carbocycles. The fraction of sp³-hybridized carbons (Fsp3) is 0.192. The van der Waals surface area contributed by atoms with Crippen LogP contribution in [-0.2, 0) is 16.1 Å². The van der Waals surface area contributed by atoms with Crippen LogP contribution in [0.3, 0.4) is 0 Å². The second-order valence-electron chi connectivity index (χ2n) is 8.13. The van der Waals surface area contributed by atoms with Crippen LogP contribution < -0.4 is 10.5 Å². The molecule has 1 amide bonds. The minimum atomic E-state index is -0.916. The van der Waals surface area contributed by atoms with Crippen molar-refractivity contribution in [3.05, 3.63) is 99.4 Å². The van der Waals surface area contributed by atoms with Crippen molar-refractivity contribution in [2.24, 2.45) is 0 Å². The summed E-state index contributed by atoms with van der Waals surface area (Å²) >= 11 is 0. The highest BCUT2D eigenvalue weighted by molar-refractivity contribution is 6.05. The fourth-order valence-electron chi connectivity index (χ4n) is 4.47. The molecule has 0 fully saturated rings. The highest BCUT2D eigenvalue weighted by atomic mass is 19.1. The van der Waals surface area contributed by atoms with E-state index in [1.807, 2.05) is 19.1 Å². The minimum absolute atomic E-state index is 0.178. The van der Waals surface area contributed by atoms with Gasteiger partial charge in [-0.25, -0.2) is 14.0 Å². The molecule has 2 aromatic heterocycles. The average molecular weight is 460 g/mol. The summed E-state index contributed by atoms with van der Waals surface area (Å²) in [4.78, 5) is 39.4. The number of esters is 1. The van der Waals surface area contributed by atoms with Crippen molar-refractivity contribution < 1.29 is 23.1 Å². The van der Waals surface area contributed by atoms with Crippen molar-refractivity contribution in [2.75, 3.05) is 11.5 Å². The van der Waals surface area contributed by atoms with E-state index in [9.17, 15) is 18.8 Å². The second kappa shape index (κ2) is 8.30. The standard InChI is InChI=1S/C26H21FN2O5/c1-3-33-26(32)21-5-4-10-28(21)24-19-13-17(27)7-9-20(19)29(25(24)31)14-16-6-8-18-15(2)11-23(30)34-22(18)12-16/h4-13,24H,3,14H2,1-2H3. The van der Waals surface area contributed by atoms with E-state index in [0.717, 1.165) is 16.5 Å². The second-order valence-corrected chi connectivity index (χ2v) is 8.13. The number of fused-ring (bicyclic) bond motifs is 2. The SMILES string of the molecule is CCOC(=O)c1cccn1C1C(=O)N(Cc2ccc3c(C)cc(=O)oc3c2)c2ccc(F)cc21. The van der Waals surface area contributed by atoms with E-state index in [2.05, 4.69) is 0 Å². The molecule has 7 nitrogen and oxygen atoms in total. The molecule has 0 saturated carbocycles. The molecule has 0 aliphatic carbocycles. The highest BCUT2D eigenvalue weighted by Gasteiger charge is 2.40. The van der Waals surface area contributed by atoms with Gasteiger partial charge in [0.05, 0.1) is 18.8 Å². The summed E-state index contributed by atoms with van der Waals surface area (Å²) in [6, 6.07) is 13.3. The van der Waals surface area contributed by atoms with Gasteiger partial charge in [0.1, 0.15) is 23.1 Å². The van der Waals surface area contributed by atoms with Gasteiger partial charge >= 0.3 is 11.6 Å². The molecular weight excluding hydrogens is 439 g/mol. The third-order valence-corrected chi connectivity index (χ3v) is 5.97. The third kappa shape index (κ3) is 3.57. The van der Waals surface area contributed by atoms with Crippen molar-refractivity contribution in [1.82, 2.24) is 4.57 Å². The predicted octanol–water partition coefficient (Wildman–Crippen LogP) is 4.35. The summed E-state index contributed by atoms with van der Waals surface area (Å²) in [5.41, 5.74) is 2.74. The number of halogens is 1. The fourth-order valence-corrected chi connectivity index (χ4v) is 4.47. The van der Waals surface area contributed by atoms with Crippen LogP contribution in [0, 0.1) is 12.7 Å². The molecule has 0 saturated heterocycles. The molecular formula is C26H21FN2O5. The minimum Gasteiger partial charge on any atom is -0.461 e. The summed E-state index contributed by atoms with van der Waals surface area (Å²) in [6.07, 6.45) is 1.61. The molecule has 0 spiro atoms. The Kier molecular flexibility index (Phi) is 5.28. The number of amides is 1. The maximum Gasteiger partial charge on any atom is 0.354 e. The first-order valence-corrected chi connectivity index (χ1v) is 10.9. The van der Waals surface area contributed by atoms with E-state index in [4.69, 9.17) is 9.15 Å². The van der Waals surface area contributed by atoms with Gasteiger partial charge in [0.15, 0.2) is 0 Å². The monoisotopic (exact) mass is 460 g/mol.